The van der Waals surface area contributed by atoms with Crippen molar-refractivity contribution in [1.82, 2.24) is 15.1 Å². The summed E-state index contributed by atoms with van der Waals surface area (Å²) in [4.78, 5) is 16.3. The van der Waals surface area contributed by atoms with E-state index < -0.39 is 0 Å². The smallest absolute Gasteiger partial charge is 0.224 e. The molecule has 0 aliphatic carbocycles. The van der Waals surface area contributed by atoms with Gasteiger partial charge in [0, 0.05) is 45.9 Å². The zero-order chi connectivity index (χ0) is 12.1. The molecule has 17 heavy (non-hydrogen) atoms. The molecule has 0 spiro atoms. The Balaban J connectivity index is 1.71. The molecular weight excluding hydrogens is 218 g/mol. The number of nitrogens with one attached hydrogen (secondary N) is 1. The first-order chi connectivity index (χ1) is 8.31. The SMILES string of the molecule is COCCC(=O)N1CCN(C2CCNC2)CC1. The molecule has 2 fully saturated rings. The van der Waals surface area contributed by atoms with Crippen LogP contribution in [-0.4, -0.2) is 74.7 Å². The largest absolute Gasteiger partial charge is 0.384 e. The Hall–Kier alpha value is -0.650. The Kier molecular flexibility index (Phi) is 4.76. The van der Waals surface area contributed by atoms with Crippen molar-refractivity contribution in [2.75, 3.05) is 53.0 Å². The van der Waals surface area contributed by atoms with Crippen LogP contribution in [0.3, 0.4) is 0 Å². The molecule has 2 rings (SSSR count). The molecule has 5 nitrogen and oxygen atoms in total. The summed E-state index contributed by atoms with van der Waals surface area (Å²) in [7, 11) is 1.64. The van der Waals surface area contributed by atoms with Crippen LogP contribution in [0.25, 0.3) is 0 Å². The first-order valence-electron chi connectivity index (χ1n) is 6.52. The summed E-state index contributed by atoms with van der Waals surface area (Å²) in [5.74, 6) is 0.232. The van der Waals surface area contributed by atoms with Gasteiger partial charge in [0.15, 0.2) is 0 Å². The van der Waals surface area contributed by atoms with E-state index in [0.29, 0.717) is 19.1 Å². The topological polar surface area (TPSA) is 44.8 Å². The summed E-state index contributed by atoms with van der Waals surface area (Å²) in [6, 6.07) is 0.686. The van der Waals surface area contributed by atoms with Crippen LogP contribution in [0.2, 0.25) is 0 Å². The molecule has 98 valence electrons. The highest BCUT2D eigenvalue weighted by molar-refractivity contribution is 5.76. The van der Waals surface area contributed by atoms with Crippen molar-refractivity contribution in [1.29, 1.82) is 0 Å². The summed E-state index contributed by atoms with van der Waals surface area (Å²) >= 11 is 0. The predicted molar refractivity (Wildman–Crippen MR) is 65.9 cm³/mol. The fraction of sp³-hybridized carbons (Fsp3) is 0.917. The quantitative estimate of drug-likeness (QED) is 0.723. The van der Waals surface area contributed by atoms with Crippen LogP contribution < -0.4 is 5.32 Å². The van der Waals surface area contributed by atoms with E-state index >= 15 is 0 Å². The lowest BCUT2D eigenvalue weighted by atomic mass is 10.2. The van der Waals surface area contributed by atoms with Crippen molar-refractivity contribution in [2.24, 2.45) is 0 Å². The lowest BCUT2D eigenvalue weighted by molar-refractivity contribution is -0.134. The van der Waals surface area contributed by atoms with Gasteiger partial charge in [-0.05, 0) is 13.0 Å². The highest BCUT2D eigenvalue weighted by atomic mass is 16.5. The number of carbonyl (C=O) groups excluding carboxylic acids is 1. The summed E-state index contributed by atoms with van der Waals surface area (Å²) in [6.07, 6.45) is 1.76. The summed E-state index contributed by atoms with van der Waals surface area (Å²) in [5, 5.41) is 3.39. The van der Waals surface area contributed by atoms with Gasteiger partial charge in [0.05, 0.1) is 13.0 Å². The van der Waals surface area contributed by atoms with Crippen LogP contribution in [0.15, 0.2) is 0 Å². The maximum Gasteiger partial charge on any atom is 0.224 e. The molecule has 2 aliphatic heterocycles. The number of amides is 1. The molecule has 1 N–H and O–H groups in total. The van der Waals surface area contributed by atoms with Gasteiger partial charge in [-0.2, -0.15) is 0 Å². The fourth-order valence-corrected chi connectivity index (χ4v) is 2.64. The van der Waals surface area contributed by atoms with E-state index in [4.69, 9.17) is 4.74 Å². The monoisotopic (exact) mass is 241 g/mol. The second-order valence-electron chi connectivity index (χ2n) is 4.81. The van der Waals surface area contributed by atoms with Gasteiger partial charge in [0.1, 0.15) is 0 Å². The molecule has 2 saturated heterocycles. The second-order valence-corrected chi connectivity index (χ2v) is 4.81. The number of piperazine rings is 1. The fourth-order valence-electron chi connectivity index (χ4n) is 2.64. The summed E-state index contributed by atoms with van der Waals surface area (Å²) in [6.45, 7) is 6.56. The molecule has 0 saturated carbocycles. The first-order valence-corrected chi connectivity index (χ1v) is 6.52. The predicted octanol–water partition coefficient (Wildman–Crippen LogP) is -0.471. The third-order valence-corrected chi connectivity index (χ3v) is 3.74. The molecule has 0 bridgehead atoms. The zero-order valence-corrected chi connectivity index (χ0v) is 10.7. The molecule has 0 aromatic carbocycles. The lowest BCUT2D eigenvalue weighted by Gasteiger charge is -2.37. The van der Waals surface area contributed by atoms with Crippen molar-refractivity contribution < 1.29 is 9.53 Å². The Morgan fingerprint density at radius 3 is 2.71 bits per heavy atom. The van der Waals surface area contributed by atoms with Gasteiger partial charge in [0.2, 0.25) is 5.91 Å². The minimum absolute atomic E-state index is 0.232. The average molecular weight is 241 g/mol. The van der Waals surface area contributed by atoms with E-state index in [1.807, 2.05) is 4.90 Å². The molecule has 0 aromatic heterocycles. The van der Waals surface area contributed by atoms with Crippen LogP contribution >= 0.6 is 0 Å². The molecule has 2 aliphatic rings. The number of carbonyl (C=O) groups is 1. The molecule has 1 amide bonds. The van der Waals surface area contributed by atoms with Crippen molar-refractivity contribution in [3.05, 3.63) is 0 Å². The van der Waals surface area contributed by atoms with Gasteiger partial charge in [-0.25, -0.2) is 0 Å². The molecule has 5 heteroatoms. The molecule has 0 radical (unpaired) electrons. The highest BCUT2D eigenvalue weighted by Crippen LogP contribution is 2.12. The molecular formula is C12H23N3O2. The van der Waals surface area contributed by atoms with Crippen molar-refractivity contribution in [3.8, 4) is 0 Å². The van der Waals surface area contributed by atoms with Crippen LogP contribution in [0.1, 0.15) is 12.8 Å². The second kappa shape index (κ2) is 6.33. The zero-order valence-electron chi connectivity index (χ0n) is 10.7. The van der Waals surface area contributed by atoms with Crippen LogP contribution in [0, 0.1) is 0 Å². The first kappa shape index (κ1) is 12.8. The van der Waals surface area contributed by atoms with Gasteiger partial charge in [-0.3, -0.25) is 9.69 Å². The molecule has 1 unspecified atom stereocenters. The van der Waals surface area contributed by atoms with Gasteiger partial charge >= 0.3 is 0 Å². The van der Waals surface area contributed by atoms with Crippen molar-refractivity contribution >= 4 is 5.91 Å². The van der Waals surface area contributed by atoms with Gasteiger partial charge in [0.25, 0.3) is 0 Å². The minimum atomic E-state index is 0.232. The number of hydrogen-bond donors (Lipinski definition) is 1. The number of nitrogens with zero attached hydrogens (tertiary/aromatic N) is 2. The van der Waals surface area contributed by atoms with Crippen LogP contribution in [0.5, 0.6) is 0 Å². The normalized spacial score (nSPS) is 26.4. The Morgan fingerprint density at radius 2 is 2.12 bits per heavy atom. The van der Waals surface area contributed by atoms with E-state index in [9.17, 15) is 4.79 Å². The van der Waals surface area contributed by atoms with Gasteiger partial charge < -0.3 is 15.0 Å². The number of hydrogen-bond acceptors (Lipinski definition) is 4. The maximum atomic E-state index is 11.8. The van der Waals surface area contributed by atoms with E-state index in [-0.39, 0.29) is 5.91 Å². The van der Waals surface area contributed by atoms with Crippen LogP contribution in [0.4, 0.5) is 0 Å². The number of methoxy groups -OCH3 is 1. The van der Waals surface area contributed by atoms with Crippen LogP contribution in [-0.2, 0) is 9.53 Å². The minimum Gasteiger partial charge on any atom is -0.384 e. The summed E-state index contributed by atoms with van der Waals surface area (Å²) in [5.41, 5.74) is 0. The Labute approximate surface area is 103 Å². The number of ether oxygens (including phenoxy) is 1. The maximum absolute atomic E-state index is 11.8. The number of rotatable bonds is 4. The van der Waals surface area contributed by atoms with E-state index in [1.54, 1.807) is 7.11 Å². The van der Waals surface area contributed by atoms with E-state index in [1.165, 1.54) is 6.42 Å². The van der Waals surface area contributed by atoms with Crippen molar-refractivity contribution in [3.63, 3.8) is 0 Å². The molecule has 2 heterocycles. The van der Waals surface area contributed by atoms with Gasteiger partial charge in [-0.15, -0.1) is 0 Å². The Morgan fingerprint density at radius 1 is 1.35 bits per heavy atom. The molecule has 1 atom stereocenters. The summed E-state index contributed by atoms with van der Waals surface area (Å²) < 4.78 is 4.94. The average Bonchev–Trinajstić information content (AvgIpc) is 2.90. The third kappa shape index (κ3) is 3.40. The Bertz CT molecular complexity index is 246. The molecule has 0 aromatic rings. The van der Waals surface area contributed by atoms with E-state index in [2.05, 4.69) is 10.2 Å². The lowest BCUT2D eigenvalue weighted by Crippen LogP contribution is -2.52. The van der Waals surface area contributed by atoms with Crippen molar-refractivity contribution in [2.45, 2.75) is 18.9 Å². The standard InChI is InChI=1S/C12H23N3O2/c1-17-9-3-12(16)15-7-5-14(6-8-15)11-2-4-13-10-11/h11,13H,2-10H2,1H3. The highest BCUT2D eigenvalue weighted by Gasteiger charge is 2.27. The van der Waals surface area contributed by atoms with Gasteiger partial charge in [-0.1, -0.05) is 0 Å². The van der Waals surface area contributed by atoms with E-state index in [0.717, 1.165) is 39.3 Å². The third-order valence-electron chi connectivity index (χ3n) is 3.74.